The number of hydrogen-bond acceptors (Lipinski definition) is 3. The summed E-state index contributed by atoms with van der Waals surface area (Å²) in [4.78, 5) is 14.3. The first-order chi connectivity index (χ1) is 10.1. The highest BCUT2D eigenvalue weighted by Gasteiger charge is 2.35. The Labute approximate surface area is 126 Å². The van der Waals surface area contributed by atoms with Crippen LogP contribution in [0.5, 0.6) is 0 Å². The average molecular weight is 288 g/mol. The minimum atomic E-state index is -0.662. The second-order valence-electron chi connectivity index (χ2n) is 6.56. The molecule has 0 saturated heterocycles. The molecule has 3 rings (SSSR count). The first kappa shape index (κ1) is 14.4. The molecule has 1 atom stereocenters. The fourth-order valence-electron chi connectivity index (χ4n) is 3.64. The number of fused-ring (bicyclic) bond motifs is 1. The normalized spacial score (nSPS) is 23.2. The Balaban J connectivity index is 1.63. The standard InChI is InChI=1S/C17H24N2O2/c1-19(12-17(21)8-4-5-9-17)16(20)14-10-13-6-2-3-7-15(13)18-11-14/h2-3,6-7,14,18,21H,4-5,8-12H2,1H3. The van der Waals surface area contributed by atoms with E-state index in [1.165, 1.54) is 5.56 Å². The summed E-state index contributed by atoms with van der Waals surface area (Å²) in [6.07, 6.45) is 4.55. The lowest BCUT2D eigenvalue weighted by Gasteiger charge is -2.33. The predicted octanol–water partition coefficient (Wildman–Crippen LogP) is 2.03. The van der Waals surface area contributed by atoms with Crippen LogP contribution >= 0.6 is 0 Å². The Bertz CT molecular complexity index is 523. The third kappa shape index (κ3) is 3.05. The highest BCUT2D eigenvalue weighted by Crippen LogP contribution is 2.31. The molecule has 0 radical (unpaired) electrons. The number of likely N-dealkylation sites (N-methyl/N-ethyl adjacent to an activating group) is 1. The van der Waals surface area contributed by atoms with E-state index in [2.05, 4.69) is 17.4 Å². The molecule has 2 N–H and O–H groups in total. The van der Waals surface area contributed by atoms with Gasteiger partial charge in [-0.15, -0.1) is 0 Å². The van der Waals surface area contributed by atoms with Gasteiger partial charge in [0.2, 0.25) is 5.91 Å². The molecule has 0 aromatic heterocycles. The van der Waals surface area contributed by atoms with Gasteiger partial charge in [-0.25, -0.2) is 0 Å². The van der Waals surface area contributed by atoms with E-state index in [9.17, 15) is 9.90 Å². The van der Waals surface area contributed by atoms with Crippen LogP contribution in [0, 0.1) is 5.92 Å². The SMILES string of the molecule is CN(CC1(O)CCCC1)C(=O)C1CNc2ccccc2C1. The van der Waals surface area contributed by atoms with E-state index in [0.29, 0.717) is 13.1 Å². The van der Waals surface area contributed by atoms with Crippen LogP contribution in [-0.4, -0.2) is 41.7 Å². The van der Waals surface area contributed by atoms with Crippen molar-refractivity contribution in [3.8, 4) is 0 Å². The smallest absolute Gasteiger partial charge is 0.227 e. The molecule has 4 nitrogen and oxygen atoms in total. The molecule has 1 unspecified atom stereocenters. The summed E-state index contributed by atoms with van der Waals surface area (Å²) in [5.74, 6) is 0.104. The number of hydrogen-bond donors (Lipinski definition) is 2. The number of aliphatic hydroxyl groups is 1. The molecular formula is C17H24N2O2. The van der Waals surface area contributed by atoms with Crippen molar-refractivity contribution in [2.45, 2.75) is 37.7 Å². The van der Waals surface area contributed by atoms with Crippen molar-refractivity contribution in [1.82, 2.24) is 4.90 Å². The zero-order valence-electron chi connectivity index (χ0n) is 12.6. The van der Waals surface area contributed by atoms with Crippen LogP contribution in [0.4, 0.5) is 5.69 Å². The highest BCUT2D eigenvalue weighted by atomic mass is 16.3. The molecule has 1 aliphatic carbocycles. The van der Waals surface area contributed by atoms with Gasteiger partial charge in [0.15, 0.2) is 0 Å². The quantitative estimate of drug-likeness (QED) is 0.895. The Morgan fingerprint density at radius 3 is 2.86 bits per heavy atom. The Morgan fingerprint density at radius 2 is 2.10 bits per heavy atom. The second-order valence-corrected chi connectivity index (χ2v) is 6.56. The number of rotatable bonds is 3. The van der Waals surface area contributed by atoms with Crippen molar-refractivity contribution in [2.75, 3.05) is 25.5 Å². The summed E-state index contributed by atoms with van der Waals surface area (Å²) in [6.45, 7) is 1.14. The number of nitrogens with zero attached hydrogens (tertiary/aromatic N) is 1. The van der Waals surface area contributed by atoms with E-state index in [0.717, 1.165) is 37.8 Å². The maximum absolute atomic E-state index is 12.6. The number of para-hydroxylation sites is 1. The highest BCUT2D eigenvalue weighted by molar-refractivity contribution is 5.80. The molecule has 1 heterocycles. The van der Waals surface area contributed by atoms with E-state index < -0.39 is 5.60 Å². The molecule has 2 aliphatic rings. The van der Waals surface area contributed by atoms with Crippen LogP contribution in [0.15, 0.2) is 24.3 Å². The molecular weight excluding hydrogens is 264 g/mol. The van der Waals surface area contributed by atoms with Gasteiger partial charge in [0.05, 0.1) is 11.5 Å². The first-order valence-electron chi connectivity index (χ1n) is 7.87. The summed E-state index contributed by atoms with van der Waals surface area (Å²) in [5, 5.41) is 13.8. The number of benzene rings is 1. The average Bonchev–Trinajstić information content (AvgIpc) is 2.92. The van der Waals surface area contributed by atoms with E-state index in [1.54, 1.807) is 4.90 Å². The van der Waals surface area contributed by atoms with Gasteiger partial charge >= 0.3 is 0 Å². The Kier molecular flexibility index (Phi) is 3.89. The lowest BCUT2D eigenvalue weighted by molar-refractivity contribution is -0.137. The van der Waals surface area contributed by atoms with E-state index in [1.807, 2.05) is 19.2 Å². The molecule has 1 fully saturated rings. The molecule has 4 heteroatoms. The molecule has 1 amide bonds. The van der Waals surface area contributed by atoms with Crippen molar-refractivity contribution in [1.29, 1.82) is 0 Å². The summed E-state index contributed by atoms with van der Waals surface area (Å²) in [6, 6.07) is 8.15. The van der Waals surface area contributed by atoms with Gasteiger partial charge in [0.1, 0.15) is 0 Å². The fraction of sp³-hybridized carbons (Fsp3) is 0.588. The van der Waals surface area contributed by atoms with Gasteiger partial charge in [0, 0.05) is 25.8 Å². The van der Waals surface area contributed by atoms with Crippen molar-refractivity contribution in [2.24, 2.45) is 5.92 Å². The Hall–Kier alpha value is -1.55. The molecule has 114 valence electrons. The zero-order valence-corrected chi connectivity index (χ0v) is 12.6. The topological polar surface area (TPSA) is 52.6 Å². The maximum atomic E-state index is 12.6. The fourth-order valence-corrected chi connectivity index (χ4v) is 3.64. The number of amides is 1. The monoisotopic (exact) mass is 288 g/mol. The van der Waals surface area contributed by atoms with Gasteiger partial charge in [-0.3, -0.25) is 4.79 Å². The zero-order chi connectivity index (χ0) is 14.9. The molecule has 0 bridgehead atoms. The summed E-state index contributed by atoms with van der Waals surface area (Å²) >= 11 is 0. The van der Waals surface area contributed by atoms with Crippen molar-refractivity contribution in [3.05, 3.63) is 29.8 Å². The number of carbonyl (C=O) groups excluding carboxylic acids is 1. The van der Waals surface area contributed by atoms with Crippen molar-refractivity contribution in [3.63, 3.8) is 0 Å². The van der Waals surface area contributed by atoms with Crippen molar-refractivity contribution >= 4 is 11.6 Å². The molecule has 1 aromatic carbocycles. The second kappa shape index (κ2) is 5.68. The Morgan fingerprint density at radius 1 is 1.38 bits per heavy atom. The lowest BCUT2D eigenvalue weighted by Crippen LogP contribution is -2.46. The third-order valence-electron chi connectivity index (χ3n) is 4.81. The maximum Gasteiger partial charge on any atom is 0.227 e. The van der Waals surface area contributed by atoms with Gasteiger partial charge in [-0.05, 0) is 30.9 Å². The molecule has 1 saturated carbocycles. The first-order valence-corrected chi connectivity index (χ1v) is 7.87. The van der Waals surface area contributed by atoms with E-state index >= 15 is 0 Å². The van der Waals surface area contributed by atoms with Crippen LogP contribution in [0.25, 0.3) is 0 Å². The van der Waals surface area contributed by atoms with E-state index in [4.69, 9.17) is 0 Å². The molecule has 1 aliphatic heterocycles. The van der Waals surface area contributed by atoms with Crippen LogP contribution in [0.2, 0.25) is 0 Å². The van der Waals surface area contributed by atoms with Gasteiger partial charge in [0.25, 0.3) is 0 Å². The van der Waals surface area contributed by atoms with Gasteiger partial charge in [-0.1, -0.05) is 31.0 Å². The van der Waals surface area contributed by atoms with Crippen molar-refractivity contribution < 1.29 is 9.90 Å². The minimum absolute atomic E-state index is 0.0325. The number of carbonyl (C=O) groups is 1. The molecule has 21 heavy (non-hydrogen) atoms. The summed E-state index contributed by atoms with van der Waals surface area (Å²) < 4.78 is 0. The number of anilines is 1. The summed E-state index contributed by atoms with van der Waals surface area (Å²) in [5.41, 5.74) is 1.68. The lowest BCUT2D eigenvalue weighted by atomic mass is 9.92. The number of nitrogens with one attached hydrogen (secondary N) is 1. The van der Waals surface area contributed by atoms with Crippen LogP contribution in [-0.2, 0) is 11.2 Å². The third-order valence-corrected chi connectivity index (χ3v) is 4.81. The van der Waals surface area contributed by atoms with Crippen LogP contribution < -0.4 is 5.32 Å². The van der Waals surface area contributed by atoms with Gasteiger partial charge in [-0.2, -0.15) is 0 Å². The molecule has 0 spiro atoms. The minimum Gasteiger partial charge on any atom is -0.388 e. The van der Waals surface area contributed by atoms with Crippen LogP contribution in [0.1, 0.15) is 31.2 Å². The predicted molar refractivity (Wildman–Crippen MR) is 83.2 cm³/mol. The van der Waals surface area contributed by atoms with Crippen LogP contribution in [0.3, 0.4) is 0 Å². The summed E-state index contributed by atoms with van der Waals surface area (Å²) in [7, 11) is 1.82. The molecule has 1 aromatic rings. The largest absolute Gasteiger partial charge is 0.388 e. The van der Waals surface area contributed by atoms with E-state index in [-0.39, 0.29) is 11.8 Å². The van der Waals surface area contributed by atoms with Gasteiger partial charge < -0.3 is 15.3 Å².